The van der Waals surface area contributed by atoms with Crippen LogP contribution in [-0.4, -0.2) is 30.5 Å². The lowest BCUT2D eigenvalue weighted by atomic mass is 9.96. The first-order valence-corrected chi connectivity index (χ1v) is 5.75. The van der Waals surface area contributed by atoms with Gasteiger partial charge in [-0.1, -0.05) is 20.8 Å². The fraction of sp³-hybridized carbons (Fsp3) is 0.750. The van der Waals surface area contributed by atoms with Gasteiger partial charge in [-0.2, -0.15) is 0 Å². The smallest absolute Gasteiger partial charge is 0.225 e. The van der Waals surface area contributed by atoms with Crippen molar-refractivity contribution in [1.82, 2.24) is 5.32 Å². The minimum Gasteiger partial charge on any atom is -0.356 e. The van der Waals surface area contributed by atoms with Crippen LogP contribution in [0.15, 0.2) is 9.98 Å². The third-order valence-corrected chi connectivity index (χ3v) is 2.35. The molecule has 0 fully saturated rings. The maximum atomic E-state index is 11.5. The first-order chi connectivity index (χ1) is 7.39. The van der Waals surface area contributed by atoms with Gasteiger partial charge < -0.3 is 5.32 Å². The zero-order chi connectivity index (χ0) is 12.2. The fourth-order valence-corrected chi connectivity index (χ4v) is 1.35. The summed E-state index contributed by atoms with van der Waals surface area (Å²) < 4.78 is 0. The van der Waals surface area contributed by atoms with E-state index in [0.29, 0.717) is 6.54 Å². The quantitative estimate of drug-likeness (QED) is 0.726. The molecule has 0 spiro atoms. The highest BCUT2D eigenvalue weighted by Crippen LogP contribution is 2.12. The van der Waals surface area contributed by atoms with E-state index in [1.807, 2.05) is 27.7 Å². The molecule has 0 aromatic carbocycles. The van der Waals surface area contributed by atoms with Crippen molar-refractivity contribution in [3.63, 3.8) is 0 Å². The molecule has 4 heteroatoms. The lowest BCUT2D eigenvalue weighted by molar-refractivity contribution is -0.128. The molecule has 0 saturated carbocycles. The lowest BCUT2D eigenvalue weighted by Gasteiger charge is -2.17. The van der Waals surface area contributed by atoms with Gasteiger partial charge in [-0.05, 0) is 13.3 Å². The number of amidine groups is 1. The van der Waals surface area contributed by atoms with Crippen molar-refractivity contribution in [2.75, 3.05) is 13.1 Å². The number of nitrogens with zero attached hydrogens (tertiary/aromatic N) is 2. The molecule has 0 saturated heterocycles. The topological polar surface area (TPSA) is 53.8 Å². The summed E-state index contributed by atoms with van der Waals surface area (Å²) in [7, 11) is 0. The Labute approximate surface area is 97.2 Å². The van der Waals surface area contributed by atoms with Crippen LogP contribution in [0.25, 0.3) is 0 Å². The summed E-state index contributed by atoms with van der Waals surface area (Å²) in [6.07, 6.45) is 1.75. The average molecular weight is 223 g/mol. The average Bonchev–Trinajstić information content (AvgIpc) is 2.57. The summed E-state index contributed by atoms with van der Waals surface area (Å²) in [5, 5.41) is 2.92. The molecule has 1 N–H and O–H groups in total. The summed E-state index contributed by atoms with van der Waals surface area (Å²) in [5.41, 5.74) is 0.772. The van der Waals surface area contributed by atoms with E-state index < -0.39 is 0 Å². The maximum absolute atomic E-state index is 11.5. The molecule has 0 bridgehead atoms. The van der Waals surface area contributed by atoms with Gasteiger partial charge in [-0.3, -0.25) is 9.79 Å². The number of aliphatic imine (C=N–C) groups is 2. The molecular formula is C12H21N3O. The van der Waals surface area contributed by atoms with Gasteiger partial charge in [-0.15, -0.1) is 0 Å². The predicted octanol–water partition coefficient (Wildman–Crippen LogP) is 1.80. The highest BCUT2D eigenvalue weighted by Gasteiger charge is 2.20. The van der Waals surface area contributed by atoms with E-state index in [-0.39, 0.29) is 11.3 Å². The number of amides is 1. The Kier molecular flexibility index (Phi) is 4.21. The number of nitrogens with one attached hydrogen (secondary N) is 1. The lowest BCUT2D eigenvalue weighted by Crippen LogP contribution is -2.35. The minimum absolute atomic E-state index is 0.0977. The normalized spacial score (nSPS) is 15.8. The van der Waals surface area contributed by atoms with Crippen molar-refractivity contribution in [3.05, 3.63) is 0 Å². The Balaban J connectivity index is 2.16. The van der Waals surface area contributed by atoms with E-state index in [9.17, 15) is 4.79 Å². The molecule has 1 amide bonds. The number of carbonyl (C=O) groups excluding carboxylic acids is 1. The standard InChI is InChI=1S/C12H21N3O/c1-9-8-14-10(15-9)6-5-7-13-11(16)12(2,3)4/h5-8H2,1-4H3,(H,13,16). The van der Waals surface area contributed by atoms with Crippen LogP contribution in [0.5, 0.6) is 0 Å². The van der Waals surface area contributed by atoms with Gasteiger partial charge >= 0.3 is 0 Å². The molecule has 0 aromatic rings. The van der Waals surface area contributed by atoms with Crippen molar-refractivity contribution < 1.29 is 4.79 Å². The Bertz CT molecular complexity index is 324. The second kappa shape index (κ2) is 5.23. The SMILES string of the molecule is CC1=NC(CCCNC(=O)C(C)(C)C)=NC1. The molecule has 16 heavy (non-hydrogen) atoms. The minimum atomic E-state index is -0.306. The van der Waals surface area contributed by atoms with Crippen LogP contribution in [0.3, 0.4) is 0 Å². The molecule has 1 rings (SSSR count). The molecule has 1 aliphatic heterocycles. The molecule has 0 aliphatic carbocycles. The van der Waals surface area contributed by atoms with Crippen LogP contribution < -0.4 is 5.32 Å². The summed E-state index contributed by atoms with van der Waals surface area (Å²) in [6.45, 7) is 9.16. The Morgan fingerprint density at radius 3 is 2.62 bits per heavy atom. The largest absolute Gasteiger partial charge is 0.356 e. The second-order valence-electron chi connectivity index (χ2n) is 5.19. The molecule has 1 aliphatic rings. The molecule has 0 atom stereocenters. The van der Waals surface area contributed by atoms with Gasteiger partial charge in [0, 0.05) is 24.1 Å². The van der Waals surface area contributed by atoms with Crippen molar-refractivity contribution >= 4 is 17.5 Å². The van der Waals surface area contributed by atoms with Crippen LogP contribution in [0.4, 0.5) is 0 Å². The number of rotatable bonds is 4. The third-order valence-electron chi connectivity index (χ3n) is 2.35. The zero-order valence-corrected chi connectivity index (χ0v) is 10.6. The first-order valence-electron chi connectivity index (χ1n) is 5.75. The van der Waals surface area contributed by atoms with Gasteiger partial charge in [-0.25, -0.2) is 4.99 Å². The molecule has 0 radical (unpaired) electrons. The molecule has 0 aromatic heterocycles. The van der Waals surface area contributed by atoms with E-state index in [0.717, 1.165) is 30.9 Å². The van der Waals surface area contributed by atoms with Crippen LogP contribution in [0, 0.1) is 5.41 Å². The summed E-state index contributed by atoms with van der Waals surface area (Å²) in [5.74, 6) is 1.02. The molecule has 0 unspecified atom stereocenters. The predicted molar refractivity (Wildman–Crippen MR) is 67.1 cm³/mol. The summed E-state index contributed by atoms with van der Waals surface area (Å²) >= 11 is 0. The van der Waals surface area contributed by atoms with E-state index in [2.05, 4.69) is 15.3 Å². The molecule has 4 nitrogen and oxygen atoms in total. The van der Waals surface area contributed by atoms with E-state index in [1.165, 1.54) is 0 Å². The fourth-order valence-electron chi connectivity index (χ4n) is 1.35. The van der Waals surface area contributed by atoms with E-state index >= 15 is 0 Å². The maximum Gasteiger partial charge on any atom is 0.225 e. The van der Waals surface area contributed by atoms with Crippen molar-refractivity contribution in [1.29, 1.82) is 0 Å². The highest BCUT2D eigenvalue weighted by atomic mass is 16.2. The third kappa shape index (κ3) is 4.13. The van der Waals surface area contributed by atoms with Crippen LogP contribution in [0.2, 0.25) is 0 Å². The van der Waals surface area contributed by atoms with Crippen LogP contribution in [0.1, 0.15) is 40.5 Å². The van der Waals surface area contributed by atoms with Gasteiger partial charge in [0.15, 0.2) is 0 Å². The monoisotopic (exact) mass is 223 g/mol. The zero-order valence-electron chi connectivity index (χ0n) is 10.6. The van der Waals surface area contributed by atoms with Gasteiger partial charge in [0.1, 0.15) is 5.84 Å². The van der Waals surface area contributed by atoms with Gasteiger partial charge in [0.05, 0.1) is 6.54 Å². The van der Waals surface area contributed by atoms with Crippen LogP contribution in [-0.2, 0) is 4.79 Å². The number of carbonyl (C=O) groups is 1. The van der Waals surface area contributed by atoms with Crippen LogP contribution >= 0.6 is 0 Å². The van der Waals surface area contributed by atoms with E-state index in [4.69, 9.17) is 0 Å². The highest BCUT2D eigenvalue weighted by molar-refractivity contribution is 6.02. The number of hydrogen-bond acceptors (Lipinski definition) is 3. The summed E-state index contributed by atoms with van der Waals surface area (Å²) in [6, 6.07) is 0. The van der Waals surface area contributed by atoms with Crippen molar-refractivity contribution in [3.8, 4) is 0 Å². The van der Waals surface area contributed by atoms with Crippen molar-refractivity contribution in [2.45, 2.75) is 40.5 Å². The van der Waals surface area contributed by atoms with Gasteiger partial charge in [0.2, 0.25) is 5.91 Å². The Morgan fingerprint density at radius 1 is 1.44 bits per heavy atom. The van der Waals surface area contributed by atoms with Crippen molar-refractivity contribution in [2.24, 2.45) is 15.4 Å². The molecule has 90 valence electrons. The molecular weight excluding hydrogens is 202 g/mol. The Morgan fingerprint density at radius 2 is 2.12 bits per heavy atom. The Hall–Kier alpha value is -1.19. The second-order valence-corrected chi connectivity index (χ2v) is 5.19. The summed E-state index contributed by atoms with van der Waals surface area (Å²) in [4.78, 5) is 20.1. The first kappa shape index (κ1) is 12.9. The van der Waals surface area contributed by atoms with E-state index in [1.54, 1.807) is 0 Å². The number of hydrogen-bond donors (Lipinski definition) is 1. The molecule has 1 heterocycles. The van der Waals surface area contributed by atoms with Gasteiger partial charge in [0.25, 0.3) is 0 Å².